The topological polar surface area (TPSA) is 33.1 Å². The van der Waals surface area contributed by atoms with Gasteiger partial charge in [0.1, 0.15) is 0 Å². The van der Waals surface area contributed by atoms with Crippen LogP contribution in [-0.2, 0) is 0 Å². The number of aromatic nitrogens is 2. The maximum atomic E-state index is 5.85. The highest BCUT2D eigenvalue weighted by atomic mass is 32.1. The minimum absolute atomic E-state index is 0.0114. The number of hydrogen-bond acceptors (Lipinski definition) is 2. The molecule has 5 heteroatoms. The van der Waals surface area contributed by atoms with Crippen molar-refractivity contribution < 1.29 is 0 Å². The average molecular weight is 403 g/mol. The fourth-order valence-corrected chi connectivity index (χ4v) is 5.07. The van der Waals surface area contributed by atoms with Crippen LogP contribution in [0.1, 0.15) is 59.2 Å². The van der Waals surface area contributed by atoms with Crippen molar-refractivity contribution >= 4 is 23.0 Å². The van der Waals surface area contributed by atoms with E-state index in [2.05, 4.69) is 76.9 Å². The van der Waals surface area contributed by atoms with E-state index in [1.165, 1.54) is 35.4 Å². The maximum absolute atomic E-state index is 5.85. The van der Waals surface area contributed by atoms with E-state index in [0.29, 0.717) is 6.04 Å². The fourth-order valence-electron chi connectivity index (χ4n) is 4.72. The summed E-state index contributed by atoms with van der Waals surface area (Å²) in [7, 11) is 0. The molecule has 3 aromatic rings. The lowest BCUT2D eigenvalue weighted by molar-refractivity contribution is 0.562. The monoisotopic (exact) mass is 402 g/mol. The molecular formula is C24H26N4S. The first kappa shape index (κ1) is 18.4. The van der Waals surface area contributed by atoms with E-state index in [4.69, 9.17) is 12.2 Å². The van der Waals surface area contributed by atoms with Gasteiger partial charge in [-0.05, 0) is 87.3 Å². The van der Waals surface area contributed by atoms with E-state index in [9.17, 15) is 0 Å². The number of pyridine rings is 1. The average Bonchev–Trinajstić information content (AvgIpc) is 3.42. The van der Waals surface area contributed by atoms with E-state index in [-0.39, 0.29) is 12.1 Å². The first-order chi connectivity index (χ1) is 14.0. The number of nitrogens with one attached hydrogen (secondary N) is 1. The van der Waals surface area contributed by atoms with Gasteiger partial charge in [-0.1, -0.05) is 18.2 Å². The molecule has 2 atom stereocenters. The Labute approximate surface area is 177 Å². The molecule has 2 aliphatic rings. The Kier molecular flexibility index (Phi) is 4.43. The lowest BCUT2D eigenvalue weighted by Gasteiger charge is -2.28. The number of rotatable bonds is 4. The predicted octanol–water partition coefficient (Wildman–Crippen LogP) is 5.32. The summed E-state index contributed by atoms with van der Waals surface area (Å²) in [6, 6.07) is 17.8. The summed E-state index contributed by atoms with van der Waals surface area (Å²) in [6.45, 7) is 6.61. The van der Waals surface area contributed by atoms with Gasteiger partial charge < -0.3 is 14.8 Å². The van der Waals surface area contributed by atoms with Gasteiger partial charge in [0.25, 0.3) is 0 Å². The summed E-state index contributed by atoms with van der Waals surface area (Å²) < 4.78 is 2.51. The first-order valence-corrected chi connectivity index (χ1v) is 10.7. The summed E-state index contributed by atoms with van der Waals surface area (Å²) in [5.74, 6) is 0. The summed E-state index contributed by atoms with van der Waals surface area (Å²) >= 11 is 5.85. The van der Waals surface area contributed by atoms with Crippen molar-refractivity contribution in [1.29, 1.82) is 0 Å². The minimum Gasteiger partial charge on any atom is -0.351 e. The van der Waals surface area contributed by atoms with Gasteiger partial charge in [0.05, 0.1) is 17.8 Å². The van der Waals surface area contributed by atoms with Crippen molar-refractivity contribution in [2.45, 2.75) is 51.7 Å². The normalized spacial score (nSPS) is 21.5. The minimum atomic E-state index is 0.0114. The number of nitrogens with zero attached hydrogens (tertiary/aromatic N) is 3. The van der Waals surface area contributed by atoms with Crippen LogP contribution in [0.15, 0.2) is 54.7 Å². The quantitative estimate of drug-likeness (QED) is 0.599. The summed E-state index contributed by atoms with van der Waals surface area (Å²) in [5.41, 5.74) is 7.39. The lowest BCUT2D eigenvalue weighted by Crippen LogP contribution is -2.29. The zero-order valence-electron chi connectivity index (χ0n) is 17.1. The van der Waals surface area contributed by atoms with Crippen LogP contribution in [0.3, 0.4) is 0 Å². The second kappa shape index (κ2) is 6.99. The Hall–Kier alpha value is -2.66. The third-order valence-corrected chi connectivity index (χ3v) is 6.45. The first-order valence-electron chi connectivity index (χ1n) is 10.3. The van der Waals surface area contributed by atoms with Gasteiger partial charge in [0, 0.05) is 29.3 Å². The highest BCUT2D eigenvalue weighted by Crippen LogP contribution is 2.46. The molecule has 29 heavy (non-hydrogen) atoms. The molecule has 1 saturated carbocycles. The van der Waals surface area contributed by atoms with Gasteiger partial charge >= 0.3 is 0 Å². The van der Waals surface area contributed by atoms with Crippen LogP contribution in [0.25, 0.3) is 0 Å². The Bertz CT molecular complexity index is 1070. The van der Waals surface area contributed by atoms with Crippen LogP contribution in [0.4, 0.5) is 5.69 Å². The standard InChI is InChI=1S/C24H26N4S/c1-15-7-6-8-19(13-15)28-23(20-14-16(2)27(17(20)3)18-10-11-18)22(26-24(28)29)21-9-4-5-12-25-21/h4-9,12-14,18,22-23H,10-11H2,1-3H3,(H,26,29)/t22-,23+/m0/s1. The van der Waals surface area contributed by atoms with Crippen LogP contribution in [-0.4, -0.2) is 14.7 Å². The van der Waals surface area contributed by atoms with E-state index < -0.39 is 0 Å². The van der Waals surface area contributed by atoms with Crippen molar-refractivity contribution in [3.63, 3.8) is 0 Å². The third kappa shape index (κ3) is 3.14. The molecule has 4 nitrogen and oxygen atoms in total. The molecule has 2 fully saturated rings. The Morgan fingerprint density at radius 2 is 1.86 bits per heavy atom. The Morgan fingerprint density at radius 3 is 2.55 bits per heavy atom. The van der Waals surface area contributed by atoms with Gasteiger partial charge in [-0.3, -0.25) is 4.98 Å². The second-order valence-corrected chi connectivity index (χ2v) is 8.65. The van der Waals surface area contributed by atoms with E-state index in [1.54, 1.807) is 0 Å². The molecule has 3 heterocycles. The molecule has 0 radical (unpaired) electrons. The van der Waals surface area contributed by atoms with Gasteiger partial charge in [0.15, 0.2) is 5.11 Å². The molecule has 0 bridgehead atoms. The smallest absolute Gasteiger partial charge is 0.174 e. The molecule has 0 spiro atoms. The third-order valence-electron chi connectivity index (χ3n) is 6.13. The highest BCUT2D eigenvalue weighted by molar-refractivity contribution is 7.80. The fraction of sp³-hybridized carbons (Fsp3) is 0.333. The zero-order valence-corrected chi connectivity index (χ0v) is 17.9. The van der Waals surface area contributed by atoms with E-state index in [0.717, 1.165) is 16.5 Å². The van der Waals surface area contributed by atoms with E-state index in [1.807, 2.05) is 18.3 Å². The number of anilines is 1. The van der Waals surface area contributed by atoms with Crippen molar-refractivity contribution in [3.8, 4) is 0 Å². The molecule has 5 rings (SSSR count). The Balaban J connectivity index is 1.67. The van der Waals surface area contributed by atoms with E-state index >= 15 is 0 Å². The summed E-state index contributed by atoms with van der Waals surface area (Å²) in [5, 5.41) is 4.33. The van der Waals surface area contributed by atoms with Gasteiger partial charge in [-0.2, -0.15) is 0 Å². The van der Waals surface area contributed by atoms with Crippen molar-refractivity contribution in [2.24, 2.45) is 0 Å². The molecule has 1 aliphatic heterocycles. The van der Waals surface area contributed by atoms with Crippen LogP contribution < -0.4 is 10.2 Å². The molecular weight excluding hydrogens is 376 g/mol. The molecule has 1 N–H and O–H groups in total. The second-order valence-electron chi connectivity index (χ2n) is 8.26. The van der Waals surface area contributed by atoms with Crippen molar-refractivity contribution in [1.82, 2.24) is 14.9 Å². The molecule has 1 aliphatic carbocycles. The molecule has 1 aromatic carbocycles. The molecule has 1 saturated heterocycles. The number of benzene rings is 1. The highest BCUT2D eigenvalue weighted by Gasteiger charge is 2.42. The van der Waals surface area contributed by atoms with Gasteiger partial charge in [-0.25, -0.2) is 0 Å². The van der Waals surface area contributed by atoms with Crippen LogP contribution >= 0.6 is 12.2 Å². The van der Waals surface area contributed by atoms with Crippen molar-refractivity contribution in [2.75, 3.05) is 4.90 Å². The Morgan fingerprint density at radius 1 is 1.03 bits per heavy atom. The van der Waals surface area contributed by atoms with Crippen LogP contribution in [0.5, 0.6) is 0 Å². The number of aryl methyl sites for hydroxylation is 2. The summed E-state index contributed by atoms with van der Waals surface area (Å²) in [6.07, 6.45) is 4.42. The van der Waals surface area contributed by atoms with Gasteiger partial charge in [0.2, 0.25) is 0 Å². The molecule has 2 aromatic heterocycles. The molecule has 148 valence electrons. The molecule has 0 unspecified atom stereocenters. The largest absolute Gasteiger partial charge is 0.351 e. The number of hydrogen-bond donors (Lipinski definition) is 1. The predicted molar refractivity (Wildman–Crippen MR) is 121 cm³/mol. The lowest BCUT2D eigenvalue weighted by atomic mass is 9.96. The zero-order chi connectivity index (χ0) is 20.1. The molecule has 0 amide bonds. The van der Waals surface area contributed by atoms with Crippen LogP contribution in [0, 0.1) is 20.8 Å². The maximum Gasteiger partial charge on any atom is 0.174 e. The van der Waals surface area contributed by atoms with Crippen LogP contribution in [0.2, 0.25) is 0 Å². The number of thiocarbonyl (C=S) groups is 1. The summed E-state index contributed by atoms with van der Waals surface area (Å²) in [4.78, 5) is 6.95. The SMILES string of the molecule is Cc1cccc(N2C(=S)N[C@@H](c3ccccn3)[C@H]2c2cc(C)n(C3CC3)c2C)c1. The van der Waals surface area contributed by atoms with Gasteiger partial charge in [-0.15, -0.1) is 0 Å². The van der Waals surface area contributed by atoms with Crippen molar-refractivity contribution in [3.05, 3.63) is 82.9 Å².